The highest BCUT2D eigenvalue weighted by molar-refractivity contribution is 6.31. The minimum absolute atomic E-state index is 0.000197. The lowest BCUT2D eigenvalue weighted by molar-refractivity contribution is -0.153. The van der Waals surface area contributed by atoms with Gasteiger partial charge in [-0.3, -0.25) is 9.59 Å². The minimum atomic E-state index is -4.53. The summed E-state index contributed by atoms with van der Waals surface area (Å²) in [6.45, 7) is -1.51. The first kappa shape index (κ1) is 19.0. The van der Waals surface area contributed by atoms with E-state index >= 15 is 0 Å². The highest BCUT2D eigenvalue weighted by Gasteiger charge is 2.32. The molecule has 2 aromatic carbocycles. The molecule has 0 saturated heterocycles. The van der Waals surface area contributed by atoms with E-state index in [2.05, 4.69) is 10.6 Å². The number of alkyl halides is 3. The molecule has 0 spiro atoms. The van der Waals surface area contributed by atoms with Crippen molar-refractivity contribution in [1.29, 1.82) is 0 Å². The third-order valence-electron chi connectivity index (χ3n) is 3.91. The van der Waals surface area contributed by atoms with E-state index in [4.69, 9.17) is 16.3 Å². The number of benzene rings is 2. The molecule has 5 nitrogen and oxygen atoms in total. The summed E-state index contributed by atoms with van der Waals surface area (Å²) in [4.78, 5) is 24.6. The number of hydrogen-bond donors (Lipinski definition) is 2. The van der Waals surface area contributed by atoms with Gasteiger partial charge in [0.15, 0.2) is 6.61 Å². The number of carbonyl (C=O) groups excluding carboxylic acids is 2. The molecule has 1 aliphatic rings. The number of para-hydroxylation sites is 1. The van der Waals surface area contributed by atoms with Gasteiger partial charge in [0.2, 0.25) is 11.8 Å². The highest BCUT2D eigenvalue weighted by atomic mass is 35.5. The van der Waals surface area contributed by atoms with Gasteiger partial charge >= 0.3 is 6.18 Å². The van der Waals surface area contributed by atoms with Crippen LogP contribution in [0.25, 0.3) is 0 Å². The molecule has 1 heterocycles. The van der Waals surface area contributed by atoms with Crippen LogP contribution >= 0.6 is 11.6 Å². The summed E-state index contributed by atoms with van der Waals surface area (Å²) in [5, 5.41) is 5.41. The zero-order valence-corrected chi connectivity index (χ0v) is 14.5. The first-order chi connectivity index (χ1) is 12.7. The van der Waals surface area contributed by atoms with E-state index in [1.165, 1.54) is 18.2 Å². The Balaban J connectivity index is 1.84. The monoisotopic (exact) mass is 398 g/mol. The molecule has 1 aliphatic heterocycles. The van der Waals surface area contributed by atoms with Crippen LogP contribution in [0.5, 0.6) is 5.75 Å². The number of hydrogen-bond acceptors (Lipinski definition) is 3. The van der Waals surface area contributed by atoms with Crippen molar-refractivity contribution in [2.45, 2.75) is 18.5 Å². The minimum Gasteiger partial charge on any atom is -0.482 e. The van der Waals surface area contributed by atoms with Gasteiger partial charge in [-0.15, -0.1) is 0 Å². The Hall–Kier alpha value is -2.74. The number of nitrogens with one attached hydrogen (secondary N) is 2. The maximum atomic E-state index is 12.7. The topological polar surface area (TPSA) is 67.4 Å². The number of fused-ring (bicyclic) bond motifs is 1. The molecule has 2 aromatic rings. The Morgan fingerprint density at radius 2 is 2.00 bits per heavy atom. The average Bonchev–Trinajstić information content (AvgIpc) is 2.59. The van der Waals surface area contributed by atoms with Crippen LogP contribution in [0.2, 0.25) is 5.02 Å². The fourth-order valence-electron chi connectivity index (χ4n) is 2.75. The van der Waals surface area contributed by atoms with Crippen molar-refractivity contribution >= 4 is 34.8 Å². The van der Waals surface area contributed by atoms with Crippen molar-refractivity contribution in [3.63, 3.8) is 0 Å². The SMILES string of the molecule is O=C1CC(C(=O)Nc2cc(Cl)ccc2OCC(F)(F)F)c2ccccc2N1. The van der Waals surface area contributed by atoms with Crippen LogP contribution < -0.4 is 15.4 Å². The van der Waals surface area contributed by atoms with Crippen LogP contribution in [0.15, 0.2) is 42.5 Å². The van der Waals surface area contributed by atoms with Gasteiger partial charge < -0.3 is 15.4 Å². The van der Waals surface area contributed by atoms with Gasteiger partial charge in [0.05, 0.1) is 11.6 Å². The predicted octanol–water partition coefficient (Wildman–Crippen LogP) is 4.35. The molecule has 0 radical (unpaired) electrons. The molecule has 9 heteroatoms. The summed E-state index contributed by atoms with van der Waals surface area (Å²) in [6.07, 6.45) is -4.61. The van der Waals surface area contributed by atoms with E-state index in [0.717, 1.165) is 0 Å². The normalized spacial score (nSPS) is 16.3. The Morgan fingerprint density at radius 3 is 2.74 bits per heavy atom. The van der Waals surface area contributed by atoms with Crippen LogP contribution in [-0.4, -0.2) is 24.6 Å². The molecular formula is C18H14ClF3N2O3. The van der Waals surface area contributed by atoms with Crippen molar-refractivity contribution in [1.82, 2.24) is 0 Å². The fraction of sp³-hybridized carbons (Fsp3) is 0.222. The first-order valence-electron chi connectivity index (χ1n) is 7.92. The molecule has 0 aliphatic carbocycles. The van der Waals surface area contributed by atoms with Crippen LogP contribution in [0, 0.1) is 0 Å². The second-order valence-electron chi connectivity index (χ2n) is 5.93. The number of halogens is 4. The van der Waals surface area contributed by atoms with E-state index in [9.17, 15) is 22.8 Å². The van der Waals surface area contributed by atoms with E-state index in [1.807, 2.05) is 0 Å². The number of anilines is 2. The van der Waals surface area contributed by atoms with Gasteiger partial charge in [-0.25, -0.2) is 0 Å². The largest absolute Gasteiger partial charge is 0.482 e. The molecule has 3 rings (SSSR count). The van der Waals surface area contributed by atoms with Gasteiger partial charge in [-0.2, -0.15) is 13.2 Å². The molecule has 27 heavy (non-hydrogen) atoms. The van der Waals surface area contributed by atoms with E-state index in [0.29, 0.717) is 11.3 Å². The van der Waals surface area contributed by atoms with Crippen LogP contribution in [0.4, 0.5) is 24.5 Å². The van der Waals surface area contributed by atoms with Gasteiger partial charge in [-0.1, -0.05) is 29.8 Å². The number of ether oxygens (including phenoxy) is 1. The van der Waals surface area contributed by atoms with Gasteiger partial charge in [0, 0.05) is 17.1 Å². The van der Waals surface area contributed by atoms with Gasteiger partial charge in [-0.05, 0) is 29.8 Å². The van der Waals surface area contributed by atoms with Crippen LogP contribution in [-0.2, 0) is 9.59 Å². The Labute approximate surface area is 157 Å². The van der Waals surface area contributed by atoms with E-state index < -0.39 is 24.6 Å². The van der Waals surface area contributed by atoms with E-state index in [-0.39, 0.29) is 28.8 Å². The van der Waals surface area contributed by atoms with Crippen molar-refractivity contribution < 1.29 is 27.5 Å². The first-order valence-corrected chi connectivity index (χ1v) is 8.29. The zero-order chi connectivity index (χ0) is 19.6. The molecule has 142 valence electrons. The summed E-state index contributed by atoms with van der Waals surface area (Å²) in [7, 11) is 0. The lowest BCUT2D eigenvalue weighted by Crippen LogP contribution is -2.31. The molecule has 1 atom stereocenters. The average molecular weight is 399 g/mol. The fourth-order valence-corrected chi connectivity index (χ4v) is 2.92. The van der Waals surface area contributed by atoms with Crippen molar-refractivity contribution in [2.75, 3.05) is 17.2 Å². The lowest BCUT2D eigenvalue weighted by atomic mass is 9.90. The second kappa shape index (κ2) is 7.48. The molecule has 1 unspecified atom stereocenters. The lowest BCUT2D eigenvalue weighted by Gasteiger charge is -2.25. The summed E-state index contributed by atoms with van der Waals surface area (Å²) in [5.41, 5.74) is 1.14. The number of amides is 2. The Morgan fingerprint density at radius 1 is 1.26 bits per heavy atom. The Kier molecular flexibility index (Phi) is 5.27. The van der Waals surface area contributed by atoms with Crippen LogP contribution in [0.3, 0.4) is 0 Å². The van der Waals surface area contributed by atoms with Crippen LogP contribution in [0.1, 0.15) is 17.9 Å². The summed E-state index contributed by atoms with van der Waals surface area (Å²) < 4.78 is 42.1. The van der Waals surface area contributed by atoms with Crippen molar-refractivity contribution in [2.24, 2.45) is 0 Å². The number of carbonyl (C=O) groups is 2. The molecule has 0 aromatic heterocycles. The molecule has 2 amide bonds. The third-order valence-corrected chi connectivity index (χ3v) is 4.14. The smallest absolute Gasteiger partial charge is 0.422 e. The summed E-state index contributed by atoms with van der Waals surface area (Å²) in [6, 6.07) is 10.7. The van der Waals surface area contributed by atoms with Crippen molar-refractivity contribution in [3.05, 3.63) is 53.1 Å². The predicted molar refractivity (Wildman–Crippen MR) is 94.1 cm³/mol. The molecule has 2 N–H and O–H groups in total. The van der Waals surface area contributed by atoms with Gasteiger partial charge in [0.1, 0.15) is 5.75 Å². The standard InChI is InChI=1S/C18H14ClF3N2O3/c19-10-5-6-15(27-9-18(20,21)22)14(7-10)24-17(26)12-8-16(25)23-13-4-2-1-3-11(12)13/h1-7,12H,8-9H2,(H,23,25)(H,24,26). The molecule has 0 fully saturated rings. The highest BCUT2D eigenvalue weighted by Crippen LogP contribution is 2.35. The second-order valence-corrected chi connectivity index (χ2v) is 6.36. The quantitative estimate of drug-likeness (QED) is 0.804. The summed E-state index contributed by atoms with van der Waals surface area (Å²) >= 11 is 5.89. The van der Waals surface area contributed by atoms with Gasteiger partial charge in [0.25, 0.3) is 0 Å². The maximum absolute atomic E-state index is 12.7. The third kappa shape index (κ3) is 4.71. The molecule has 0 bridgehead atoms. The Bertz CT molecular complexity index is 886. The van der Waals surface area contributed by atoms with E-state index in [1.54, 1.807) is 24.3 Å². The number of rotatable bonds is 4. The van der Waals surface area contributed by atoms with Crippen molar-refractivity contribution in [3.8, 4) is 5.75 Å². The maximum Gasteiger partial charge on any atom is 0.422 e. The zero-order valence-electron chi connectivity index (χ0n) is 13.8. The molecular weight excluding hydrogens is 385 g/mol. The molecule has 0 saturated carbocycles. The summed E-state index contributed by atoms with van der Waals surface area (Å²) in [5.74, 6) is -1.83.